The summed E-state index contributed by atoms with van der Waals surface area (Å²) in [7, 11) is 0. The summed E-state index contributed by atoms with van der Waals surface area (Å²) in [5.74, 6) is 0.388. The standard InChI is InChI=1S/C16H20F3NO3/c1-15(2,3)23-14(21)20-11-8-13(9-11)22-12-6-4-10(5-7-12)16(17,18)19/h4-7,11,13H,8-9H2,1-3H3,(H,20,21)/t11-,13-. The van der Waals surface area contributed by atoms with Gasteiger partial charge in [-0.15, -0.1) is 0 Å². The van der Waals surface area contributed by atoms with Crippen LogP contribution in [0.1, 0.15) is 39.2 Å². The molecule has 1 saturated carbocycles. The summed E-state index contributed by atoms with van der Waals surface area (Å²) >= 11 is 0. The van der Waals surface area contributed by atoms with Crippen LogP contribution in [0.4, 0.5) is 18.0 Å². The summed E-state index contributed by atoms with van der Waals surface area (Å²) in [5, 5.41) is 2.73. The number of hydrogen-bond donors (Lipinski definition) is 1. The Morgan fingerprint density at radius 2 is 1.70 bits per heavy atom. The molecule has 0 unspecified atom stereocenters. The number of hydrogen-bond acceptors (Lipinski definition) is 3. The molecule has 0 spiro atoms. The van der Waals surface area contributed by atoms with Crippen molar-refractivity contribution in [2.75, 3.05) is 0 Å². The summed E-state index contributed by atoms with van der Waals surface area (Å²) in [6, 6.07) is 4.55. The van der Waals surface area contributed by atoms with Crippen LogP contribution in [0.3, 0.4) is 0 Å². The molecule has 1 aliphatic rings. The number of carbonyl (C=O) groups is 1. The van der Waals surface area contributed by atoms with Crippen molar-refractivity contribution in [1.82, 2.24) is 5.32 Å². The lowest BCUT2D eigenvalue weighted by Crippen LogP contribution is -2.50. The molecule has 128 valence electrons. The first-order valence-electron chi connectivity index (χ1n) is 7.36. The fourth-order valence-electron chi connectivity index (χ4n) is 2.17. The smallest absolute Gasteiger partial charge is 0.416 e. The predicted octanol–water partition coefficient (Wildman–Crippen LogP) is 4.14. The van der Waals surface area contributed by atoms with E-state index < -0.39 is 23.4 Å². The number of benzene rings is 1. The fourth-order valence-corrected chi connectivity index (χ4v) is 2.17. The van der Waals surface area contributed by atoms with Crippen LogP contribution in [0.15, 0.2) is 24.3 Å². The van der Waals surface area contributed by atoms with Gasteiger partial charge in [-0.25, -0.2) is 4.79 Å². The van der Waals surface area contributed by atoms with Crippen molar-refractivity contribution >= 4 is 6.09 Å². The van der Waals surface area contributed by atoms with E-state index in [4.69, 9.17) is 9.47 Å². The van der Waals surface area contributed by atoms with Crippen molar-refractivity contribution in [3.05, 3.63) is 29.8 Å². The third-order valence-corrected chi connectivity index (χ3v) is 3.30. The summed E-state index contributed by atoms with van der Waals surface area (Å²) in [4.78, 5) is 11.6. The molecule has 7 heteroatoms. The number of alkyl halides is 3. The van der Waals surface area contributed by atoms with Gasteiger partial charge in [-0.2, -0.15) is 13.2 Å². The second kappa shape index (κ2) is 6.29. The Kier molecular flexibility index (Phi) is 4.77. The molecule has 1 fully saturated rings. The molecule has 4 nitrogen and oxygen atoms in total. The minimum absolute atomic E-state index is 0.0377. The number of rotatable bonds is 3. The summed E-state index contributed by atoms with van der Waals surface area (Å²) < 4.78 is 48.1. The minimum atomic E-state index is -4.35. The van der Waals surface area contributed by atoms with Gasteiger partial charge in [0.25, 0.3) is 0 Å². The molecule has 0 radical (unpaired) electrons. The van der Waals surface area contributed by atoms with E-state index >= 15 is 0 Å². The SMILES string of the molecule is CC(C)(C)OC(=O)N[C@H]1C[C@H](Oc2ccc(C(F)(F)F)cc2)C1. The molecule has 0 atom stereocenters. The molecule has 0 saturated heterocycles. The van der Waals surface area contributed by atoms with Gasteiger partial charge < -0.3 is 14.8 Å². The molecule has 1 aliphatic carbocycles. The zero-order chi connectivity index (χ0) is 17.3. The van der Waals surface area contributed by atoms with E-state index in [0.29, 0.717) is 18.6 Å². The first-order chi connectivity index (χ1) is 10.5. The lowest BCUT2D eigenvalue weighted by molar-refractivity contribution is -0.137. The van der Waals surface area contributed by atoms with Crippen LogP contribution in [0.2, 0.25) is 0 Å². The van der Waals surface area contributed by atoms with Crippen LogP contribution in [0, 0.1) is 0 Å². The molecular weight excluding hydrogens is 311 g/mol. The first-order valence-corrected chi connectivity index (χ1v) is 7.36. The summed E-state index contributed by atoms with van der Waals surface area (Å²) in [5.41, 5.74) is -1.26. The maximum atomic E-state index is 12.5. The zero-order valence-corrected chi connectivity index (χ0v) is 13.2. The fraction of sp³-hybridized carbons (Fsp3) is 0.562. The van der Waals surface area contributed by atoms with Crippen LogP contribution in [-0.4, -0.2) is 23.8 Å². The molecule has 0 heterocycles. The lowest BCUT2D eigenvalue weighted by Gasteiger charge is -2.36. The Bertz CT molecular complexity index is 543. The van der Waals surface area contributed by atoms with Gasteiger partial charge in [-0.05, 0) is 45.0 Å². The molecular formula is C16H20F3NO3. The molecule has 1 amide bonds. The highest BCUT2D eigenvalue weighted by Gasteiger charge is 2.34. The van der Waals surface area contributed by atoms with Crippen LogP contribution in [0.25, 0.3) is 0 Å². The van der Waals surface area contributed by atoms with E-state index in [-0.39, 0.29) is 12.1 Å². The van der Waals surface area contributed by atoms with Gasteiger partial charge in [-0.1, -0.05) is 0 Å². The van der Waals surface area contributed by atoms with Crippen LogP contribution in [-0.2, 0) is 10.9 Å². The van der Waals surface area contributed by atoms with E-state index in [2.05, 4.69) is 5.32 Å². The first kappa shape index (κ1) is 17.4. The maximum Gasteiger partial charge on any atom is 0.416 e. The Hall–Kier alpha value is -1.92. The number of amides is 1. The van der Waals surface area contributed by atoms with E-state index in [1.54, 1.807) is 20.8 Å². The van der Waals surface area contributed by atoms with E-state index in [1.807, 2.05) is 0 Å². The molecule has 0 aliphatic heterocycles. The second-order valence-corrected chi connectivity index (χ2v) is 6.58. The highest BCUT2D eigenvalue weighted by molar-refractivity contribution is 5.68. The van der Waals surface area contributed by atoms with Crippen molar-refractivity contribution < 1.29 is 27.4 Å². The monoisotopic (exact) mass is 331 g/mol. The van der Waals surface area contributed by atoms with Gasteiger partial charge in [0.05, 0.1) is 5.56 Å². The number of carbonyl (C=O) groups excluding carboxylic acids is 1. The van der Waals surface area contributed by atoms with Gasteiger partial charge in [0.1, 0.15) is 17.5 Å². The Labute approximate surface area is 133 Å². The van der Waals surface area contributed by atoms with E-state index in [1.165, 1.54) is 12.1 Å². The van der Waals surface area contributed by atoms with Gasteiger partial charge in [0.2, 0.25) is 0 Å². The maximum absolute atomic E-state index is 12.5. The Morgan fingerprint density at radius 3 is 2.17 bits per heavy atom. The number of nitrogens with one attached hydrogen (secondary N) is 1. The average Bonchev–Trinajstić information content (AvgIpc) is 2.33. The average molecular weight is 331 g/mol. The Morgan fingerprint density at radius 1 is 1.13 bits per heavy atom. The van der Waals surface area contributed by atoms with Gasteiger partial charge in [0, 0.05) is 18.9 Å². The van der Waals surface area contributed by atoms with Crippen molar-refractivity contribution in [2.45, 2.75) is 57.5 Å². The Balaban J connectivity index is 1.75. The van der Waals surface area contributed by atoms with Crippen LogP contribution >= 0.6 is 0 Å². The predicted molar refractivity (Wildman–Crippen MR) is 78.3 cm³/mol. The molecule has 2 rings (SSSR count). The number of ether oxygens (including phenoxy) is 2. The van der Waals surface area contributed by atoms with Crippen molar-refractivity contribution in [3.8, 4) is 5.75 Å². The molecule has 1 aromatic rings. The third kappa shape index (κ3) is 5.33. The highest BCUT2D eigenvalue weighted by Crippen LogP contribution is 2.32. The molecule has 1 N–H and O–H groups in total. The largest absolute Gasteiger partial charge is 0.490 e. The summed E-state index contributed by atoms with van der Waals surface area (Å²) in [6.45, 7) is 5.34. The second-order valence-electron chi connectivity index (χ2n) is 6.58. The normalized spacial score (nSPS) is 21.3. The number of alkyl carbamates (subject to hydrolysis) is 1. The highest BCUT2D eigenvalue weighted by atomic mass is 19.4. The van der Waals surface area contributed by atoms with Crippen molar-refractivity contribution in [3.63, 3.8) is 0 Å². The molecule has 1 aromatic carbocycles. The topological polar surface area (TPSA) is 47.6 Å². The van der Waals surface area contributed by atoms with E-state index in [0.717, 1.165) is 12.1 Å². The quantitative estimate of drug-likeness (QED) is 0.905. The molecule has 0 bridgehead atoms. The van der Waals surface area contributed by atoms with Gasteiger partial charge in [0.15, 0.2) is 0 Å². The van der Waals surface area contributed by atoms with Crippen LogP contribution < -0.4 is 10.1 Å². The van der Waals surface area contributed by atoms with Gasteiger partial charge >= 0.3 is 12.3 Å². The summed E-state index contributed by atoms with van der Waals surface area (Å²) in [6.07, 6.45) is -3.75. The van der Waals surface area contributed by atoms with E-state index in [9.17, 15) is 18.0 Å². The van der Waals surface area contributed by atoms with Gasteiger partial charge in [-0.3, -0.25) is 0 Å². The zero-order valence-electron chi connectivity index (χ0n) is 13.2. The number of halogens is 3. The van der Waals surface area contributed by atoms with Crippen molar-refractivity contribution in [2.24, 2.45) is 0 Å². The third-order valence-electron chi connectivity index (χ3n) is 3.30. The molecule has 0 aromatic heterocycles. The minimum Gasteiger partial charge on any atom is -0.490 e. The van der Waals surface area contributed by atoms with Crippen LogP contribution in [0.5, 0.6) is 5.75 Å². The molecule has 23 heavy (non-hydrogen) atoms. The lowest BCUT2D eigenvalue weighted by atomic mass is 9.89. The van der Waals surface area contributed by atoms with Crippen molar-refractivity contribution in [1.29, 1.82) is 0 Å².